The summed E-state index contributed by atoms with van der Waals surface area (Å²) in [6.45, 7) is 10.1. The van der Waals surface area contributed by atoms with E-state index in [0.29, 0.717) is 30.9 Å². The SMILES string of the molecule is C=C/C=C\C1=C(N)NC(=O)C12Cc1cnc(C(=O)NCCN3CCN(Cc4ccccc4)CC3)cc1C2. The van der Waals surface area contributed by atoms with E-state index in [-0.39, 0.29) is 11.8 Å². The maximum Gasteiger partial charge on any atom is 0.269 e. The molecule has 1 aromatic carbocycles. The van der Waals surface area contributed by atoms with E-state index in [2.05, 4.69) is 56.3 Å². The Bertz CT molecular complexity index is 1250. The van der Waals surface area contributed by atoms with Gasteiger partial charge in [-0.2, -0.15) is 0 Å². The van der Waals surface area contributed by atoms with Crippen molar-refractivity contribution in [3.63, 3.8) is 0 Å². The van der Waals surface area contributed by atoms with Crippen LogP contribution in [0.4, 0.5) is 0 Å². The molecule has 2 aliphatic heterocycles. The average Bonchev–Trinajstić information content (AvgIpc) is 3.40. The number of carbonyl (C=O) groups excluding carboxylic acids is 2. The van der Waals surface area contributed by atoms with Crippen LogP contribution in [0.15, 0.2) is 78.8 Å². The molecule has 1 fully saturated rings. The van der Waals surface area contributed by atoms with Gasteiger partial charge in [-0.15, -0.1) is 0 Å². The van der Waals surface area contributed by atoms with Gasteiger partial charge in [0.25, 0.3) is 5.91 Å². The quantitative estimate of drug-likeness (QED) is 0.479. The fraction of sp³-hybridized carbons (Fsp3) is 0.345. The number of nitrogens with zero attached hydrogens (tertiary/aromatic N) is 3. The van der Waals surface area contributed by atoms with Gasteiger partial charge in [0.15, 0.2) is 0 Å². The summed E-state index contributed by atoms with van der Waals surface area (Å²) in [5.41, 5.74) is 9.77. The van der Waals surface area contributed by atoms with Crippen LogP contribution in [0.25, 0.3) is 0 Å². The van der Waals surface area contributed by atoms with Crippen LogP contribution in [0.1, 0.15) is 27.2 Å². The van der Waals surface area contributed by atoms with E-state index >= 15 is 0 Å². The molecule has 2 aromatic rings. The van der Waals surface area contributed by atoms with Gasteiger partial charge < -0.3 is 16.4 Å². The Morgan fingerprint density at radius 3 is 2.62 bits per heavy atom. The predicted octanol–water partition coefficient (Wildman–Crippen LogP) is 1.76. The van der Waals surface area contributed by atoms with Crippen LogP contribution in [-0.4, -0.2) is 65.9 Å². The lowest BCUT2D eigenvalue weighted by molar-refractivity contribution is -0.126. The van der Waals surface area contributed by atoms with Crippen LogP contribution >= 0.6 is 0 Å². The minimum Gasteiger partial charge on any atom is -0.385 e. The van der Waals surface area contributed by atoms with Crippen molar-refractivity contribution in [1.82, 2.24) is 25.4 Å². The zero-order valence-corrected chi connectivity index (χ0v) is 21.1. The first kappa shape index (κ1) is 24.9. The van der Waals surface area contributed by atoms with Gasteiger partial charge in [0.2, 0.25) is 5.91 Å². The van der Waals surface area contributed by atoms with Crippen LogP contribution in [0.2, 0.25) is 0 Å². The predicted molar refractivity (Wildman–Crippen MR) is 143 cm³/mol. The Morgan fingerprint density at radius 1 is 1.14 bits per heavy atom. The molecule has 0 saturated carbocycles. The molecule has 1 atom stereocenters. The molecule has 3 heterocycles. The lowest BCUT2D eigenvalue weighted by Crippen LogP contribution is -2.48. The fourth-order valence-corrected chi connectivity index (χ4v) is 5.57. The second-order valence-corrected chi connectivity index (χ2v) is 10.0. The summed E-state index contributed by atoms with van der Waals surface area (Å²) in [4.78, 5) is 35.0. The normalized spacial score (nSPS) is 22.0. The third-order valence-electron chi connectivity index (χ3n) is 7.62. The number of nitrogens with one attached hydrogen (secondary N) is 2. The Hall–Kier alpha value is -3.75. The topological polar surface area (TPSA) is 104 Å². The standard InChI is InChI=1S/C29H34N6O2/c1-2-3-9-24-26(30)33-28(37)29(24)17-22-16-25(32-19-23(22)18-29)27(36)31-10-11-34-12-14-35(15-13-34)20-21-7-5-4-6-8-21/h2-9,16,19H,1,10-15,17-18,20,30H2,(H,31,36)(H,33,37)/b9-3-. The number of nitrogens with two attached hydrogens (primary N) is 1. The molecule has 192 valence electrons. The number of pyridine rings is 1. The van der Waals surface area contributed by atoms with E-state index in [1.54, 1.807) is 18.3 Å². The molecule has 1 aromatic heterocycles. The third kappa shape index (κ3) is 5.21. The number of hydrogen-bond donors (Lipinski definition) is 3. The number of hydrogen-bond acceptors (Lipinski definition) is 6. The molecule has 1 unspecified atom stereocenters. The summed E-state index contributed by atoms with van der Waals surface area (Å²) in [7, 11) is 0. The zero-order chi connectivity index (χ0) is 25.8. The summed E-state index contributed by atoms with van der Waals surface area (Å²) in [6, 6.07) is 12.4. The van der Waals surface area contributed by atoms with Gasteiger partial charge >= 0.3 is 0 Å². The van der Waals surface area contributed by atoms with E-state index < -0.39 is 5.41 Å². The van der Waals surface area contributed by atoms with Crippen LogP contribution < -0.4 is 16.4 Å². The van der Waals surface area contributed by atoms with Crippen LogP contribution in [0.5, 0.6) is 0 Å². The Morgan fingerprint density at radius 2 is 1.86 bits per heavy atom. The van der Waals surface area contributed by atoms with Crippen molar-refractivity contribution in [2.75, 3.05) is 39.3 Å². The van der Waals surface area contributed by atoms with Crippen molar-refractivity contribution in [3.05, 3.63) is 101 Å². The molecule has 5 rings (SSSR count). The van der Waals surface area contributed by atoms with Crippen LogP contribution in [-0.2, 0) is 24.2 Å². The largest absolute Gasteiger partial charge is 0.385 e. The first-order valence-electron chi connectivity index (χ1n) is 12.8. The summed E-state index contributed by atoms with van der Waals surface area (Å²) in [5.74, 6) is 0.0756. The number of aromatic nitrogens is 1. The van der Waals surface area contributed by atoms with Crippen molar-refractivity contribution in [2.24, 2.45) is 11.1 Å². The molecule has 0 bridgehead atoms. The Kier molecular flexibility index (Phi) is 7.21. The second-order valence-electron chi connectivity index (χ2n) is 10.0. The number of benzene rings is 1. The van der Waals surface area contributed by atoms with Gasteiger partial charge in [0.1, 0.15) is 11.5 Å². The number of rotatable bonds is 8. The summed E-state index contributed by atoms with van der Waals surface area (Å²) >= 11 is 0. The maximum atomic E-state index is 12.9. The summed E-state index contributed by atoms with van der Waals surface area (Å²) in [5, 5.41) is 5.79. The van der Waals surface area contributed by atoms with Crippen LogP contribution in [0, 0.1) is 5.41 Å². The number of carbonyl (C=O) groups is 2. The van der Waals surface area contributed by atoms with E-state index in [0.717, 1.165) is 56.0 Å². The van der Waals surface area contributed by atoms with Gasteiger partial charge in [-0.05, 0) is 35.6 Å². The highest BCUT2D eigenvalue weighted by Crippen LogP contribution is 2.46. The van der Waals surface area contributed by atoms with Gasteiger partial charge in [-0.3, -0.25) is 24.4 Å². The number of amides is 2. The summed E-state index contributed by atoms with van der Waals surface area (Å²) in [6.07, 6.45) is 8.01. The second kappa shape index (κ2) is 10.7. The molecule has 2 amide bonds. The third-order valence-corrected chi connectivity index (χ3v) is 7.62. The Labute approximate surface area is 217 Å². The molecule has 8 nitrogen and oxygen atoms in total. The van der Waals surface area contributed by atoms with Gasteiger partial charge in [0, 0.05) is 57.6 Å². The van der Waals surface area contributed by atoms with Crippen molar-refractivity contribution in [3.8, 4) is 0 Å². The first-order valence-corrected chi connectivity index (χ1v) is 12.8. The molecular formula is C29H34N6O2. The molecular weight excluding hydrogens is 464 g/mol. The minimum absolute atomic E-state index is 0.111. The zero-order valence-electron chi connectivity index (χ0n) is 21.1. The molecule has 1 aliphatic carbocycles. The van der Waals surface area contributed by atoms with Crippen molar-refractivity contribution in [1.29, 1.82) is 0 Å². The number of piperazine rings is 1. The lowest BCUT2D eigenvalue weighted by Gasteiger charge is -2.34. The molecule has 37 heavy (non-hydrogen) atoms. The monoisotopic (exact) mass is 498 g/mol. The van der Waals surface area contributed by atoms with Crippen molar-refractivity contribution < 1.29 is 9.59 Å². The van der Waals surface area contributed by atoms with Crippen LogP contribution in [0.3, 0.4) is 0 Å². The number of allylic oxidation sites excluding steroid dienone is 3. The molecule has 3 aliphatic rings. The smallest absolute Gasteiger partial charge is 0.269 e. The van der Waals surface area contributed by atoms with E-state index in [1.165, 1.54) is 5.56 Å². The fourth-order valence-electron chi connectivity index (χ4n) is 5.57. The van der Waals surface area contributed by atoms with Crippen molar-refractivity contribution >= 4 is 11.8 Å². The van der Waals surface area contributed by atoms with E-state index in [4.69, 9.17) is 5.73 Å². The molecule has 1 spiro atoms. The highest BCUT2D eigenvalue weighted by Gasteiger charge is 2.51. The van der Waals surface area contributed by atoms with Gasteiger partial charge in [0.05, 0.1) is 5.41 Å². The van der Waals surface area contributed by atoms with E-state index in [1.807, 2.05) is 18.2 Å². The lowest BCUT2D eigenvalue weighted by atomic mass is 9.78. The summed E-state index contributed by atoms with van der Waals surface area (Å²) < 4.78 is 0. The first-order chi connectivity index (χ1) is 18.0. The molecule has 8 heteroatoms. The maximum absolute atomic E-state index is 12.9. The van der Waals surface area contributed by atoms with E-state index in [9.17, 15) is 9.59 Å². The van der Waals surface area contributed by atoms with Gasteiger partial charge in [-0.1, -0.05) is 55.1 Å². The molecule has 4 N–H and O–H groups in total. The van der Waals surface area contributed by atoms with Crippen molar-refractivity contribution in [2.45, 2.75) is 19.4 Å². The molecule has 0 radical (unpaired) electrons. The number of fused-ring (bicyclic) bond motifs is 1. The average molecular weight is 499 g/mol. The highest BCUT2D eigenvalue weighted by molar-refractivity contribution is 5.95. The Balaban J connectivity index is 1.13. The van der Waals surface area contributed by atoms with Gasteiger partial charge in [-0.25, -0.2) is 0 Å². The minimum atomic E-state index is -0.759. The highest BCUT2D eigenvalue weighted by atomic mass is 16.2. The molecule has 1 saturated heterocycles.